The number of primary amides is 1. The third-order valence-electron chi connectivity index (χ3n) is 3.05. The van der Waals surface area contributed by atoms with E-state index in [1.54, 1.807) is 42.5 Å². The second kappa shape index (κ2) is 8.25. The first kappa shape index (κ1) is 17.7. The number of anilines is 1. The molecule has 0 spiro atoms. The highest BCUT2D eigenvalue weighted by Crippen LogP contribution is 2.19. The number of nitrogens with two attached hydrogens (primary N) is 1. The maximum Gasteiger partial charge on any atom is 0.276 e. The van der Waals surface area contributed by atoms with Crippen molar-refractivity contribution in [2.24, 2.45) is 5.73 Å². The molecule has 0 aliphatic rings. The van der Waals surface area contributed by atoms with Gasteiger partial charge in [-0.05, 0) is 36.4 Å². The Kier molecular flexibility index (Phi) is 5.83. The minimum atomic E-state index is -0.586. The van der Waals surface area contributed by atoms with E-state index in [0.29, 0.717) is 17.0 Å². The van der Waals surface area contributed by atoms with Gasteiger partial charge in [-0.25, -0.2) is 0 Å². The minimum Gasteiger partial charge on any atom is -0.484 e. The van der Waals surface area contributed by atoms with Crippen LogP contribution in [0.15, 0.2) is 54.6 Å². The summed E-state index contributed by atoms with van der Waals surface area (Å²) in [6, 6.07) is 12.4. The van der Waals surface area contributed by atoms with Crippen LogP contribution in [-0.4, -0.2) is 23.3 Å². The Morgan fingerprint density at radius 1 is 1.16 bits per heavy atom. The summed E-state index contributed by atoms with van der Waals surface area (Å²) in [6.07, 6.45) is 2.58. The summed E-state index contributed by atoms with van der Waals surface area (Å²) in [7, 11) is 0. The van der Waals surface area contributed by atoms with E-state index in [4.69, 9.17) is 10.5 Å². The molecule has 0 fully saturated rings. The predicted molar refractivity (Wildman–Crippen MR) is 91.9 cm³/mol. The topological polar surface area (TPSA) is 125 Å². The average Bonchev–Trinajstić information content (AvgIpc) is 2.59. The van der Waals surface area contributed by atoms with Crippen LogP contribution in [0.3, 0.4) is 0 Å². The van der Waals surface area contributed by atoms with Gasteiger partial charge in [-0.2, -0.15) is 0 Å². The lowest BCUT2D eigenvalue weighted by atomic mass is 10.1. The van der Waals surface area contributed by atoms with E-state index in [-0.39, 0.29) is 12.3 Å². The van der Waals surface area contributed by atoms with Gasteiger partial charge in [-0.3, -0.25) is 19.7 Å². The van der Waals surface area contributed by atoms with Crippen LogP contribution in [0.4, 0.5) is 11.4 Å². The second-order valence-corrected chi connectivity index (χ2v) is 4.92. The molecule has 0 atom stereocenters. The zero-order valence-electron chi connectivity index (χ0n) is 13.0. The molecule has 2 aromatic rings. The van der Waals surface area contributed by atoms with Crippen molar-refractivity contribution in [1.82, 2.24) is 0 Å². The van der Waals surface area contributed by atoms with Crippen molar-refractivity contribution in [2.75, 3.05) is 11.9 Å². The summed E-state index contributed by atoms with van der Waals surface area (Å²) in [6.45, 7) is -0.232. The molecular formula is C17H15N3O5. The van der Waals surface area contributed by atoms with Crippen molar-refractivity contribution in [3.63, 3.8) is 0 Å². The van der Waals surface area contributed by atoms with Crippen molar-refractivity contribution >= 4 is 29.3 Å². The largest absolute Gasteiger partial charge is 0.484 e. The van der Waals surface area contributed by atoms with Crippen LogP contribution >= 0.6 is 0 Å². The smallest absolute Gasteiger partial charge is 0.276 e. The number of hydrogen-bond acceptors (Lipinski definition) is 5. The van der Waals surface area contributed by atoms with Gasteiger partial charge in [0.1, 0.15) is 5.75 Å². The van der Waals surface area contributed by atoms with Crippen LogP contribution in [0.5, 0.6) is 5.75 Å². The number of hydrogen-bond donors (Lipinski definition) is 2. The molecule has 0 heterocycles. The van der Waals surface area contributed by atoms with Crippen LogP contribution in [0.25, 0.3) is 6.08 Å². The van der Waals surface area contributed by atoms with Gasteiger partial charge in [-0.1, -0.05) is 12.1 Å². The van der Waals surface area contributed by atoms with Crippen molar-refractivity contribution in [3.05, 3.63) is 70.3 Å². The zero-order valence-corrected chi connectivity index (χ0v) is 13.0. The SMILES string of the molecule is NC(=O)COc1ccc(NC(=O)/C=C/c2ccccc2[N+](=O)[O-])cc1. The number of amides is 2. The van der Waals surface area contributed by atoms with Gasteiger partial charge in [0.2, 0.25) is 5.91 Å². The number of para-hydroxylation sites is 1. The second-order valence-electron chi connectivity index (χ2n) is 4.92. The molecule has 0 bridgehead atoms. The third-order valence-corrected chi connectivity index (χ3v) is 3.05. The summed E-state index contributed by atoms with van der Waals surface area (Å²) in [5.74, 6) is -0.589. The molecule has 2 aromatic carbocycles. The predicted octanol–water partition coefficient (Wildman–Crippen LogP) is 2.11. The van der Waals surface area contributed by atoms with E-state index in [0.717, 1.165) is 0 Å². The number of nitro benzene ring substituents is 1. The van der Waals surface area contributed by atoms with Gasteiger partial charge in [0.25, 0.3) is 11.6 Å². The maximum atomic E-state index is 11.9. The van der Waals surface area contributed by atoms with E-state index in [2.05, 4.69) is 5.32 Å². The monoisotopic (exact) mass is 341 g/mol. The maximum absolute atomic E-state index is 11.9. The molecule has 2 rings (SSSR count). The molecule has 3 N–H and O–H groups in total. The van der Waals surface area contributed by atoms with Crippen molar-refractivity contribution < 1.29 is 19.2 Å². The van der Waals surface area contributed by atoms with Crippen molar-refractivity contribution in [2.45, 2.75) is 0 Å². The third kappa shape index (κ3) is 5.47. The number of nitro groups is 1. The molecule has 0 aromatic heterocycles. The van der Waals surface area contributed by atoms with Crippen LogP contribution in [0.1, 0.15) is 5.56 Å². The van der Waals surface area contributed by atoms with Gasteiger partial charge in [0, 0.05) is 17.8 Å². The first-order valence-corrected chi connectivity index (χ1v) is 7.19. The Morgan fingerprint density at radius 2 is 1.84 bits per heavy atom. The molecule has 128 valence electrons. The summed E-state index contributed by atoms with van der Waals surface area (Å²) in [4.78, 5) is 32.9. The lowest BCUT2D eigenvalue weighted by Gasteiger charge is -2.05. The molecule has 0 saturated carbocycles. The Bertz CT molecular complexity index is 815. The summed E-state index contributed by atoms with van der Waals surface area (Å²) in [5, 5.41) is 13.5. The van der Waals surface area contributed by atoms with Crippen LogP contribution in [0.2, 0.25) is 0 Å². The molecule has 8 heteroatoms. The average molecular weight is 341 g/mol. The number of benzene rings is 2. The standard InChI is InChI=1S/C17H15N3O5/c18-16(21)11-25-14-8-6-13(7-9-14)19-17(22)10-5-12-3-1-2-4-15(12)20(23)24/h1-10H,11H2,(H2,18,21)(H,19,22)/b10-5+. The first-order chi connectivity index (χ1) is 12.0. The highest BCUT2D eigenvalue weighted by Gasteiger charge is 2.09. The van der Waals surface area contributed by atoms with Gasteiger partial charge in [0.05, 0.1) is 10.5 Å². The summed E-state index contributed by atoms with van der Waals surface area (Å²) in [5.41, 5.74) is 5.73. The van der Waals surface area contributed by atoms with Crippen LogP contribution in [-0.2, 0) is 9.59 Å². The fraction of sp³-hybridized carbons (Fsp3) is 0.0588. The Morgan fingerprint density at radius 3 is 2.48 bits per heavy atom. The lowest BCUT2D eigenvalue weighted by molar-refractivity contribution is -0.385. The van der Waals surface area contributed by atoms with Gasteiger partial charge >= 0.3 is 0 Å². The molecule has 2 amide bonds. The molecule has 0 aliphatic carbocycles. The Hall–Kier alpha value is -3.68. The van der Waals surface area contributed by atoms with Crippen LogP contribution < -0.4 is 15.8 Å². The molecular weight excluding hydrogens is 326 g/mol. The number of nitrogens with zero attached hydrogens (tertiary/aromatic N) is 1. The molecule has 0 saturated heterocycles. The fourth-order valence-corrected chi connectivity index (χ4v) is 1.93. The highest BCUT2D eigenvalue weighted by molar-refractivity contribution is 6.02. The first-order valence-electron chi connectivity index (χ1n) is 7.19. The molecule has 8 nitrogen and oxygen atoms in total. The van der Waals surface area contributed by atoms with E-state index in [1.165, 1.54) is 18.2 Å². The highest BCUT2D eigenvalue weighted by atomic mass is 16.6. The van der Waals surface area contributed by atoms with E-state index in [1.807, 2.05) is 0 Å². The van der Waals surface area contributed by atoms with E-state index in [9.17, 15) is 19.7 Å². The molecule has 0 aliphatic heterocycles. The molecule has 25 heavy (non-hydrogen) atoms. The Labute approximate surface area is 143 Å². The van der Waals surface area contributed by atoms with Crippen molar-refractivity contribution in [1.29, 1.82) is 0 Å². The summed E-state index contributed by atoms with van der Waals surface area (Å²) >= 11 is 0. The van der Waals surface area contributed by atoms with E-state index < -0.39 is 16.7 Å². The van der Waals surface area contributed by atoms with Crippen LogP contribution in [0, 0.1) is 10.1 Å². The minimum absolute atomic E-state index is 0.0810. The zero-order chi connectivity index (χ0) is 18.2. The summed E-state index contributed by atoms with van der Waals surface area (Å²) < 4.78 is 5.10. The number of ether oxygens (including phenoxy) is 1. The van der Waals surface area contributed by atoms with Gasteiger partial charge in [0.15, 0.2) is 6.61 Å². The van der Waals surface area contributed by atoms with Gasteiger partial charge < -0.3 is 15.8 Å². The lowest BCUT2D eigenvalue weighted by Crippen LogP contribution is -2.20. The number of carbonyl (C=O) groups excluding carboxylic acids is 2. The quantitative estimate of drug-likeness (QED) is 0.453. The Balaban J connectivity index is 1.98. The van der Waals surface area contributed by atoms with Crippen molar-refractivity contribution in [3.8, 4) is 5.75 Å². The van der Waals surface area contributed by atoms with E-state index >= 15 is 0 Å². The van der Waals surface area contributed by atoms with Gasteiger partial charge in [-0.15, -0.1) is 0 Å². The number of carbonyl (C=O) groups is 2. The fourth-order valence-electron chi connectivity index (χ4n) is 1.93. The number of rotatable bonds is 7. The number of nitrogens with one attached hydrogen (secondary N) is 1. The molecule has 0 radical (unpaired) electrons. The molecule has 0 unspecified atom stereocenters. The normalized spacial score (nSPS) is 10.4.